The van der Waals surface area contributed by atoms with E-state index in [1.54, 1.807) is 0 Å². The third-order valence-corrected chi connectivity index (χ3v) is 8.71. The maximum atomic E-state index is 12.3. The number of carboxylic acids is 1. The predicted octanol–water partition coefficient (Wildman–Crippen LogP) is 13.4. The van der Waals surface area contributed by atoms with E-state index in [-0.39, 0.29) is 5.92 Å². The molecule has 0 bridgehead atoms. The van der Waals surface area contributed by atoms with Crippen molar-refractivity contribution in [2.45, 2.75) is 201 Å². The van der Waals surface area contributed by atoms with Gasteiger partial charge in [-0.05, 0) is 57.3 Å². The lowest BCUT2D eigenvalue weighted by molar-refractivity contribution is -0.144. The lowest BCUT2D eigenvalue weighted by Gasteiger charge is -2.24. The SMILES string of the molecule is CCCCC/C=C\C/C=C\CCCCCCC(C(=O)O)C(CCCCCCCC)CCCCCCCCCCC. The molecule has 2 nitrogen and oxygen atoms in total. The van der Waals surface area contributed by atoms with Gasteiger partial charge in [0, 0.05) is 0 Å². The lowest BCUT2D eigenvalue weighted by Crippen LogP contribution is -2.24. The highest BCUT2D eigenvalue weighted by molar-refractivity contribution is 5.70. The maximum absolute atomic E-state index is 12.3. The molecule has 2 atom stereocenters. The Balaban J connectivity index is 4.32. The largest absolute Gasteiger partial charge is 0.481 e. The van der Waals surface area contributed by atoms with Crippen LogP contribution in [-0.2, 0) is 4.79 Å². The fourth-order valence-electron chi connectivity index (χ4n) is 6.01. The van der Waals surface area contributed by atoms with Crippen molar-refractivity contribution < 1.29 is 9.90 Å². The summed E-state index contributed by atoms with van der Waals surface area (Å²) in [6, 6.07) is 0. The number of aliphatic carboxylic acids is 1. The first-order valence-electron chi connectivity index (χ1n) is 18.2. The average molecular weight is 561 g/mol. The summed E-state index contributed by atoms with van der Waals surface area (Å²) in [5.74, 6) is -0.280. The van der Waals surface area contributed by atoms with Crippen LogP contribution in [0, 0.1) is 11.8 Å². The molecule has 0 spiro atoms. The van der Waals surface area contributed by atoms with Gasteiger partial charge in [0.2, 0.25) is 0 Å². The highest BCUT2D eigenvalue weighted by atomic mass is 16.4. The van der Waals surface area contributed by atoms with Crippen molar-refractivity contribution in [3.05, 3.63) is 24.3 Å². The van der Waals surface area contributed by atoms with Crippen LogP contribution in [0.4, 0.5) is 0 Å². The van der Waals surface area contributed by atoms with Gasteiger partial charge in [-0.1, -0.05) is 173 Å². The van der Waals surface area contributed by atoms with E-state index in [9.17, 15) is 9.90 Å². The molecule has 0 amide bonds. The Bertz CT molecular complexity index is 564. The van der Waals surface area contributed by atoms with Crippen LogP contribution in [0.3, 0.4) is 0 Å². The van der Waals surface area contributed by atoms with Gasteiger partial charge in [0.15, 0.2) is 0 Å². The summed E-state index contributed by atoms with van der Waals surface area (Å²) in [5, 5.41) is 10.1. The molecule has 0 aliphatic rings. The van der Waals surface area contributed by atoms with Gasteiger partial charge in [-0.3, -0.25) is 4.79 Å². The van der Waals surface area contributed by atoms with Crippen LogP contribution in [-0.4, -0.2) is 11.1 Å². The number of unbranched alkanes of at least 4 members (excludes halogenated alkanes) is 20. The average Bonchev–Trinajstić information content (AvgIpc) is 2.95. The van der Waals surface area contributed by atoms with Crippen LogP contribution in [0.15, 0.2) is 24.3 Å². The first kappa shape index (κ1) is 39.0. The molecule has 0 saturated carbocycles. The minimum atomic E-state index is -0.530. The summed E-state index contributed by atoms with van der Waals surface area (Å²) in [4.78, 5) is 12.3. The molecular weight excluding hydrogens is 488 g/mol. The molecule has 0 aliphatic carbocycles. The highest BCUT2D eigenvalue weighted by Crippen LogP contribution is 2.30. The number of hydrogen-bond acceptors (Lipinski definition) is 1. The molecule has 0 radical (unpaired) electrons. The van der Waals surface area contributed by atoms with E-state index >= 15 is 0 Å². The van der Waals surface area contributed by atoms with Gasteiger partial charge < -0.3 is 5.11 Å². The van der Waals surface area contributed by atoms with Crippen LogP contribution < -0.4 is 0 Å². The molecule has 0 fully saturated rings. The summed E-state index contributed by atoms with van der Waals surface area (Å²) in [6.07, 6.45) is 44.3. The molecule has 236 valence electrons. The molecule has 0 aliphatic heterocycles. The Kier molecular flexibility index (Phi) is 31.6. The smallest absolute Gasteiger partial charge is 0.306 e. The second-order valence-corrected chi connectivity index (χ2v) is 12.5. The van der Waals surface area contributed by atoms with E-state index in [1.807, 2.05) is 0 Å². The quantitative estimate of drug-likeness (QED) is 0.0656. The molecule has 0 rings (SSSR count). The zero-order valence-corrected chi connectivity index (χ0v) is 27.6. The number of carbonyl (C=O) groups is 1. The second-order valence-electron chi connectivity index (χ2n) is 12.5. The number of carboxylic acid groups (broad SMARTS) is 1. The van der Waals surface area contributed by atoms with Gasteiger partial charge in [-0.2, -0.15) is 0 Å². The number of rotatable bonds is 32. The highest BCUT2D eigenvalue weighted by Gasteiger charge is 2.26. The van der Waals surface area contributed by atoms with Crippen molar-refractivity contribution in [2.75, 3.05) is 0 Å². The van der Waals surface area contributed by atoms with Crippen LogP contribution in [0.1, 0.15) is 201 Å². The van der Waals surface area contributed by atoms with Crippen LogP contribution >= 0.6 is 0 Å². The monoisotopic (exact) mass is 561 g/mol. The second kappa shape index (κ2) is 32.5. The normalized spacial score (nSPS) is 13.5. The van der Waals surface area contributed by atoms with E-state index in [0.29, 0.717) is 5.92 Å². The molecular formula is C38H72O2. The lowest BCUT2D eigenvalue weighted by atomic mass is 9.80. The van der Waals surface area contributed by atoms with E-state index in [1.165, 1.54) is 141 Å². The molecule has 0 saturated heterocycles. The van der Waals surface area contributed by atoms with Crippen molar-refractivity contribution >= 4 is 5.97 Å². The zero-order valence-electron chi connectivity index (χ0n) is 27.6. The topological polar surface area (TPSA) is 37.3 Å². The third-order valence-electron chi connectivity index (χ3n) is 8.71. The molecule has 0 aromatic heterocycles. The Morgan fingerprint density at radius 2 is 0.825 bits per heavy atom. The summed E-state index contributed by atoms with van der Waals surface area (Å²) < 4.78 is 0. The van der Waals surface area contributed by atoms with Gasteiger partial charge >= 0.3 is 5.97 Å². The summed E-state index contributed by atoms with van der Waals surface area (Å²) in [7, 11) is 0. The van der Waals surface area contributed by atoms with Crippen molar-refractivity contribution in [1.82, 2.24) is 0 Å². The zero-order chi connectivity index (χ0) is 29.4. The van der Waals surface area contributed by atoms with Gasteiger partial charge in [0.05, 0.1) is 5.92 Å². The van der Waals surface area contributed by atoms with E-state index in [2.05, 4.69) is 45.1 Å². The fourth-order valence-corrected chi connectivity index (χ4v) is 6.01. The van der Waals surface area contributed by atoms with Gasteiger partial charge in [0.1, 0.15) is 0 Å². The molecule has 0 aromatic carbocycles. The minimum absolute atomic E-state index is 0.131. The third kappa shape index (κ3) is 27.1. The molecule has 40 heavy (non-hydrogen) atoms. The fraction of sp³-hybridized carbons (Fsp3) is 0.868. The minimum Gasteiger partial charge on any atom is -0.481 e. The van der Waals surface area contributed by atoms with Crippen LogP contribution in [0.2, 0.25) is 0 Å². The molecule has 0 heterocycles. The predicted molar refractivity (Wildman–Crippen MR) is 179 cm³/mol. The summed E-state index contributed by atoms with van der Waals surface area (Å²) >= 11 is 0. The Labute approximate surface area is 252 Å². The summed E-state index contributed by atoms with van der Waals surface area (Å²) in [6.45, 7) is 6.80. The molecule has 1 N–H and O–H groups in total. The Morgan fingerprint density at radius 1 is 0.475 bits per heavy atom. The standard InChI is InChI=1S/C38H72O2/c1-4-7-10-13-16-18-19-20-21-22-24-26-29-32-35-37(38(39)40)36(33-30-27-15-12-9-6-3)34-31-28-25-23-17-14-11-8-5-2/h16,18,20-21,36-37H,4-15,17,19,22-35H2,1-3H3,(H,39,40)/b18-16-,21-20-. The number of hydrogen-bond donors (Lipinski definition) is 1. The van der Waals surface area contributed by atoms with Gasteiger partial charge in [-0.15, -0.1) is 0 Å². The van der Waals surface area contributed by atoms with E-state index < -0.39 is 5.97 Å². The first-order chi connectivity index (χ1) is 19.7. The molecule has 2 heteroatoms. The van der Waals surface area contributed by atoms with Crippen molar-refractivity contribution in [3.63, 3.8) is 0 Å². The Morgan fingerprint density at radius 3 is 1.27 bits per heavy atom. The van der Waals surface area contributed by atoms with Crippen molar-refractivity contribution in [3.8, 4) is 0 Å². The Hall–Kier alpha value is -1.05. The van der Waals surface area contributed by atoms with E-state index in [0.717, 1.165) is 38.5 Å². The molecule has 0 aromatic rings. The van der Waals surface area contributed by atoms with E-state index in [4.69, 9.17) is 0 Å². The van der Waals surface area contributed by atoms with Crippen LogP contribution in [0.5, 0.6) is 0 Å². The van der Waals surface area contributed by atoms with Gasteiger partial charge in [0.25, 0.3) is 0 Å². The van der Waals surface area contributed by atoms with Crippen molar-refractivity contribution in [2.24, 2.45) is 11.8 Å². The van der Waals surface area contributed by atoms with Crippen LogP contribution in [0.25, 0.3) is 0 Å². The maximum Gasteiger partial charge on any atom is 0.306 e. The number of allylic oxidation sites excluding steroid dienone is 4. The van der Waals surface area contributed by atoms with Crippen molar-refractivity contribution in [1.29, 1.82) is 0 Å². The first-order valence-corrected chi connectivity index (χ1v) is 18.2. The molecule has 2 unspecified atom stereocenters. The van der Waals surface area contributed by atoms with Gasteiger partial charge in [-0.25, -0.2) is 0 Å². The summed E-state index contributed by atoms with van der Waals surface area (Å²) in [5.41, 5.74) is 0.